The highest BCUT2D eigenvalue weighted by molar-refractivity contribution is 6.30. The maximum Gasteiger partial charge on any atom is 0.257 e. The lowest BCUT2D eigenvalue weighted by Crippen LogP contribution is -2.50. The van der Waals surface area contributed by atoms with Crippen LogP contribution in [0.5, 0.6) is 5.75 Å². The summed E-state index contributed by atoms with van der Waals surface area (Å²) in [5.74, 6) is 0.425. The fourth-order valence-corrected chi connectivity index (χ4v) is 4.16. The van der Waals surface area contributed by atoms with E-state index in [-0.39, 0.29) is 29.8 Å². The van der Waals surface area contributed by atoms with E-state index in [1.54, 1.807) is 34.9 Å². The molecule has 1 aromatic rings. The number of aliphatic hydroxyl groups excluding tert-OH is 1. The lowest BCUT2D eigenvalue weighted by atomic mass is 9.73. The van der Waals surface area contributed by atoms with Crippen molar-refractivity contribution in [3.05, 3.63) is 28.8 Å². The Morgan fingerprint density at radius 3 is 2.72 bits per heavy atom. The van der Waals surface area contributed by atoms with Gasteiger partial charge in [-0.25, -0.2) is 0 Å². The van der Waals surface area contributed by atoms with Crippen molar-refractivity contribution in [1.29, 1.82) is 0 Å². The molecule has 2 aliphatic heterocycles. The lowest BCUT2D eigenvalue weighted by molar-refractivity contribution is -0.133. The number of amides is 2. The number of rotatable bonds is 3. The summed E-state index contributed by atoms with van der Waals surface area (Å²) in [6.07, 6.45) is 0.704. The number of methoxy groups -OCH3 is 1. The van der Waals surface area contributed by atoms with E-state index in [1.165, 1.54) is 7.11 Å². The molecule has 0 bridgehead atoms. The second-order valence-corrected chi connectivity index (χ2v) is 7.40. The second kappa shape index (κ2) is 6.84. The first-order chi connectivity index (χ1) is 11.9. The second-order valence-electron chi connectivity index (χ2n) is 6.96. The first-order valence-corrected chi connectivity index (χ1v) is 8.77. The molecular weight excluding hydrogens is 344 g/mol. The van der Waals surface area contributed by atoms with Gasteiger partial charge in [-0.2, -0.15) is 0 Å². The van der Waals surface area contributed by atoms with E-state index >= 15 is 0 Å². The van der Waals surface area contributed by atoms with Crippen LogP contribution in [0.25, 0.3) is 0 Å². The Kier molecular flexibility index (Phi) is 4.93. The molecule has 0 aromatic heterocycles. The lowest BCUT2D eigenvalue weighted by Gasteiger charge is -2.41. The Balaban J connectivity index is 1.83. The number of fused-ring (bicyclic) bond motifs is 1. The molecule has 0 radical (unpaired) electrons. The summed E-state index contributed by atoms with van der Waals surface area (Å²) in [4.78, 5) is 28.2. The van der Waals surface area contributed by atoms with Gasteiger partial charge in [0.1, 0.15) is 5.75 Å². The van der Waals surface area contributed by atoms with E-state index in [0.717, 1.165) is 0 Å². The van der Waals surface area contributed by atoms with Gasteiger partial charge in [-0.3, -0.25) is 9.59 Å². The third kappa shape index (κ3) is 3.20. The summed E-state index contributed by atoms with van der Waals surface area (Å²) < 4.78 is 5.29. The highest BCUT2D eigenvalue weighted by atomic mass is 35.5. The summed E-state index contributed by atoms with van der Waals surface area (Å²) in [5, 5.41) is 10.5. The van der Waals surface area contributed by atoms with Crippen LogP contribution in [-0.4, -0.2) is 66.6 Å². The van der Waals surface area contributed by atoms with Crippen LogP contribution in [0.15, 0.2) is 18.2 Å². The molecule has 0 spiro atoms. The number of hydrogen-bond donors (Lipinski definition) is 1. The van der Waals surface area contributed by atoms with Crippen LogP contribution in [-0.2, 0) is 4.79 Å². The van der Waals surface area contributed by atoms with Crippen molar-refractivity contribution in [3.63, 3.8) is 0 Å². The average molecular weight is 367 g/mol. The monoisotopic (exact) mass is 366 g/mol. The van der Waals surface area contributed by atoms with Gasteiger partial charge < -0.3 is 19.6 Å². The number of carbonyl (C=O) groups is 2. The maximum atomic E-state index is 13.0. The van der Waals surface area contributed by atoms with Crippen molar-refractivity contribution >= 4 is 23.4 Å². The summed E-state index contributed by atoms with van der Waals surface area (Å²) in [5.41, 5.74) is 0.128. The molecule has 2 fully saturated rings. The Hall–Kier alpha value is -1.79. The number of ether oxygens (including phenoxy) is 1. The summed E-state index contributed by atoms with van der Waals surface area (Å²) in [6.45, 7) is 3.79. The fourth-order valence-electron chi connectivity index (χ4n) is 3.99. The molecule has 0 aliphatic carbocycles. The van der Waals surface area contributed by atoms with Gasteiger partial charge in [0.2, 0.25) is 5.91 Å². The third-order valence-electron chi connectivity index (χ3n) is 5.57. The van der Waals surface area contributed by atoms with Crippen molar-refractivity contribution in [1.82, 2.24) is 9.80 Å². The van der Waals surface area contributed by atoms with E-state index in [0.29, 0.717) is 48.9 Å². The molecule has 3 rings (SSSR count). The van der Waals surface area contributed by atoms with E-state index in [4.69, 9.17) is 16.3 Å². The molecule has 0 unspecified atom stereocenters. The quantitative estimate of drug-likeness (QED) is 0.883. The Bertz CT molecular complexity index is 696. The molecule has 6 nitrogen and oxygen atoms in total. The fraction of sp³-hybridized carbons (Fsp3) is 0.556. The molecule has 2 saturated heterocycles. The van der Waals surface area contributed by atoms with E-state index in [2.05, 4.69) is 0 Å². The molecule has 1 N–H and O–H groups in total. The standard InChI is InChI=1S/C18H23ClN2O4/c1-12(23)20-6-5-18(11-22)10-21(9-13(18)8-20)17(24)15-4-3-14(19)7-16(15)25-2/h3-4,7,13,22H,5-6,8-11H2,1-2H3/t13-,18+/m1/s1. The van der Waals surface area contributed by atoms with Gasteiger partial charge in [0.15, 0.2) is 0 Å². The topological polar surface area (TPSA) is 70.1 Å². The van der Waals surface area contributed by atoms with Crippen molar-refractivity contribution in [3.8, 4) is 5.75 Å². The molecule has 0 saturated carbocycles. The Morgan fingerprint density at radius 2 is 2.08 bits per heavy atom. The van der Waals surface area contributed by atoms with Crippen LogP contribution in [0, 0.1) is 11.3 Å². The highest BCUT2D eigenvalue weighted by Gasteiger charge is 2.50. The molecule has 1 aromatic carbocycles. The Labute approximate surface area is 152 Å². The summed E-state index contributed by atoms with van der Waals surface area (Å²) >= 11 is 5.97. The number of piperidine rings is 1. The molecule has 7 heteroatoms. The number of nitrogens with zero attached hydrogens (tertiary/aromatic N) is 2. The van der Waals surface area contributed by atoms with E-state index in [9.17, 15) is 14.7 Å². The van der Waals surface area contributed by atoms with E-state index < -0.39 is 0 Å². The van der Waals surface area contributed by atoms with Gasteiger partial charge in [-0.05, 0) is 24.6 Å². The van der Waals surface area contributed by atoms with Gasteiger partial charge >= 0.3 is 0 Å². The zero-order valence-corrected chi connectivity index (χ0v) is 15.3. The minimum absolute atomic E-state index is 0.0188. The minimum atomic E-state index is -0.332. The molecular formula is C18H23ClN2O4. The SMILES string of the molecule is COc1cc(Cl)ccc1C(=O)N1C[C@H]2CN(C(C)=O)CC[C@@]2(CO)C1. The Morgan fingerprint density at radius 1 is 1.36 bits per heavy atom. The number of hydrogen-bond acceptors (Lipinski definition) is 4. The zero-order valence-electron chi connectivity index (χ0n) is 14.5. The summed E-state index contributed by atoms with van der Waals surface area (Å²) in [7, 11) is 1.51. The van der Waals surface area contributed by atoms with Crippen LogP contribution < -0.4 is 4.74 Å². The van der Waals surface area contributed by atoms with Gasteiger partial charge in [0, 0.05) is 49.5 Å². The zero-order chi connectivity index (χ0) is 18.2. The molecule has 25 heavy (non-hydrogen) atoms. The first-order valence-electron chi connectivity index (χ1n) is 8.39. The molecule has 136 valence electrons. The normalized spacial score (nSPS) is 25.7. The van der Waals surface area contributed by atoms with Crippen LogP contribution in [0.2, 0.25) is 5.02 Å². The maximum absolute atomic E-state index is 13.0. The van der Waals surface area contributed by atoms with Crippen LogP contribution >= 0.6 is 11.6 Å². The number of benzene rings is 1. The number of halogens is 1. The van der Waals surface area contributed by atoms with Gasteiger partial charge in [0.05, 0.1) is 19.3 Å². The van der Waals surface area contributed by atoms with Crippen LogP contribution in [0.1, 0.15) is 23.7 Å². The van der Waals surface area contributed by atoms with Gasteiger partial charge in [-0.15, -0.1) is 0 Å². The van der Waals surface area contributed by atoms with E-state index in [1.807, 2.05) is 0 Å². The third-order valence-corrected chi connectivity index (χ3v) is 5.81. The first kappa shape index (κ1) is 18.0. The van der Waals surface area contributed by atoms with Crippen molar-refractivity contribution < 1.29 is 19.4 Å². The van der Waals surface area contributed by atoms with Crippen LogP contribution in [0.3, 0.4) is 0 Å². The van der Waals surface area contributed by atoms with Crippen molar-refractivity contribution in [2.24, 2.45) is 11.3 Å². The average Bonchev–Trinajstić information content (AvgIpc) is 3.00. The van der Waals surface area contributed by atoms with Gasteiger partial charge in [0.25, 0.3) is 5.91 Å². The summed E-state index contributed by atoms with van der Waals surface area (Å²) in [6, 6.07) is 4.95. The van der Waals surface area contributed by atoms with Crippen LogP contribution in [0.4, 0.5) is 0 Å². The van der Waals surface area contributed by atoms with Crippen molar-refractivity contribution in [2.45, 2.75) is 13.3 Å². The molecule has 2 heterocycles. The van der Waals surface area contributed by atoms with Gasteiger partial charge in [-0.1, -0.05) is 11.6 Å². The van der Waals surface area contributed by atoms with Crippen molar-refractivity contribution in [2.75, 3.05) is 39.9 Å². The molecule has 2 amide bonds. The highest BCUT2D eigenvalue weighted by Crippen LogP contribution is 2.43. The minimum Gasteiger partial charge on any atom is -0.496 e. The number of likely N-dealkylation sites (tertiary alicyclic amines) is 2. The smallest absolute Gasteiger partial charge is 0.257 e. The largest absolute Gasteiger partial charge is 0.496 e. The number of carbonyl (C=O) groups excluding carboxylic acids is 2. The predicted octanol–water partition coefficient (Wildman–Crippen LogP) is 1.65. The molecule has 2 atom stereocenters. The molecule has 2 aliphatic rings. The number of aliphatic hydroxyl groups is 1. The predicted molar refractivity (Wildman–Crippen MR) is 93.8 cm³/mol.